The molecule has 1 unspecified atom stereocenters. The zero-order valence-corrected chi connectivity index (χ0v) is 12.4. The first-order chi connectivity index (χ1) is 9.29. The molecule has 0 saturated carbocycles. The number of thioether (sulfide) groups is 1. The van der Waals surface area contributed by atoms with E-state index in [1.54, 1.807) is 11.3 Å². The lowest BCUT2D eigenvalue weighted by molar-refractivity contribution is 0.359. The van der Waals surface area contributed by atoms with Gasteiger partial charge in [-0.25, -0.2) is 4.98 Å². The first-order valence-electron chi connectivity index (χ1n) is 6.33. The standard InChI is InChI=1S/C12H16N4OS2/c1-8-14-10(7-19-8)4-11-15-12(17-16-11)5-9-6-18-3-2-13-9/h7,9,13H,2-6H2,1H3. The van der Waals surface area contributed by atoms with E-state index in [1.165, 1.54) is 5.75 Å². The van der Waals surface area contributed by atoms with Crippen molar-refractivity contribution in [2.45, 2.75) is 25.8 Å². The maximum atomic E-state index is 5.31. The molecule has 3 heterocycles. The Morgan fingerprint density at radius 3 is 3.16 bits per heavy atom. The van der Waals surface area contributed by atoms with Gasteiger partial charge >= 0.3 is 0 Å². The Morgan fingerprint density at radius 1 is 1.47 bits per heavy atom. The van der Waals surface area contributed by atoms with Crippen LogP contribution in [0.3, 0.4) is 0 Å². The Hall–Kier alpha value is -0.920. The predicted octanol–water partition coefficient (Wildman–Crippen LogP) is 1.67. The quantitative estimate of drug-likeness (QED) is 0.926. The van der Waals surface area contributed by atoms with Crippen molar-refractivity contribution in [3.05, 3.63) is 27.8 Å². The highest BCUT2D eigenvalue weighted by Gasteiger charge is 2.17. The lowest BCUT2D eigenvalue weighted by Crippen LogP contribution is -2.38. The number of hydrogen-bond acceptors (Lipinski definition) is 7. The molecule has 2 aromatic heterocycles. The van der Waals surface area contributed by atoms with Gasteiger partial charge in [-0.15, -0.1) is 11.3 Å². The zero-order chi connectivity index (χ0) is 13.1. The number of thiazole rings is 1. The number of rotatable bonds is 4. The van der Waals surface area contributed by atoms with E-state index in [0.29, 0.717) is 12.5 Å². The van der Waals surface area contributed by atoms with Gasteiger partial charge in [0.15, 0.2) is 5.82 Å². The van der Waals surface area contributed by atoms with Gasteiger partial charge in [-0.3, -0.25) is 0 Å². The number of nitrogens with zero attached hydrogens (tertiary/aromatic N) is 3. The summed E-state index contributed by atoms with van der Waals surface area (Å²) in [6, 6.07) is 0.452. The smallest absolute Gasteiger partial charge is 0.228 e. The molecule has 1 atom stereocenters. The molecule has 1 aliphatic heterocycles. The molecule has 0 aliphatic carbocycles. The Kier molecular flexibility index (Phi) is 4.15. The van der Waals surface area contributed by atoms with Crippen molar-refractivity contribution in [1.82, 2.24) is 20.4 Å². The summed E-state index contributed by atoms with van der Waals surface area (Å²) in [6.45, 7) is 3.07. The summed E-state index contributed by atoms with van der Waals surface area (Å²) in [4.78, 5) is 8.86. The molecule has 3 rings (SSSR count). The van der Waals surface area contributed by atoms with Gasteiger partial charge in [-0.05, 0) is 6.92 Å². The minimum absolute atomic E-state index is 0.452. The van der Waals surface area contributed by atoms with Crippen LogP contribution in [0.5, 0.6) is 0 Å². The van der Waals surface area contributed by atoms with Crippen LogP contribution in [0.25, 0.3) is 0 Å². The average Bonchev–Trinajstić information content (AvgIpc) is 3.01. The molecule has 2 aromatic rings. The number of aromatic nitrogens is 3. The molecular formula is C12H16N4OS2. The molecule has 5 nitrogen and oxygen atoms in total. The van der Waals surface area contributed by atoms with Crippen LogP contribution >= 0.6 is 23.1 Å². The molecular weight excluding hydrogens is 280 g/mol. The molecule has 0 amide bonds. The van der Waals surface area contributed by atoms with Gasteiger partial charge in [0.1, 0.15) is 0 Å². The van der Waals surface area contributed by atoms with Gasteiger partial charge in [-0.1, -0.05) is 5.16 Å². The van der Waals surface area contributed by atoms with Crippen LogP contribution < -0.4 is 5.32 Å². The molecule has 7 heteroatoms. The van der Waals surface area contributed by atoms with Crippen LogP contribution in [0.4, 0.5) is 0 Å². The first-order valence-corrected chi connectivity index (χ1v) is 8.36. The van der Waals surface area contributed by atoms with E-state index in [2.05, 4.69) is 20.4 Å². The van der Waals surface area contributed by atoms with Crippen molar-refractivity contribution in [3.63, 3.8) is 0 Å². The van der Waals surface area contributed by atoms with Crippen LogP contribution in [0.1, 0.15) is 22.4 Å². The second-order valence-electron chi connectivity index (χ2n) is 4.57. The van der Waals surface area contributed by atoms with Crippen molar-refractivity contribution in [3.8, 4) is 0 Å². The molecule has 19 heavy (non-hydrogen) atoms. The van der Waals surface area contributed by atoms with Crippen molar-refractivity contribution in [2.24, 2.45) is 0 Å². The highest BCUT2D eigenvalue weighted by molar-refractivity contribution is 7.99. The fourth-order valence-corrected chi connectivity index (χ4v) is 3.62. The summed E-state index contributed by atoms with van der Waals surface area (Å²) >= 11 is 3.62. The van der Waals surface area contributed by atoms with Gasteiger partial charge in [0.05, 0.1) is 17.1 Å². The van der Waals surface area contributed by atoms with E-state index in [0.717, 1.165) is 41.1 Å². The lowest BCUT2D eigenvalue weighted by Gasteiger charge is -2.21. The highest BCUT2D eigenvalue weighted by Crippen LogP contribution is 2.14. The third-order valence-corrected chi connectivity index (χ3v) is 4.89. The number of hydrogen-bond donors (Lipinski definition) is 1. The van der Waals surface area contributed by atoms with Gasteiger partial charge in [0.2, 0.25) is 5.89 Å². The minimum Gasteiger partial charge on any atom is -0.339 e. The summed E-state index contributed by atoms with van der Waals surface area (Å²) in [5, 5.41) is 10.6. The summed E-state index contributed by atoms with van der Waals surface area (Å²) in [7, 11) is 0. The average molecular weight is 296 g/mol. The van der Waals surface area contributed by atoms with E-state index in [4.69, 9.17) is 4.52 Å². The second-order valence-corrected chi connectivity index (χ2v) is 6.78. The molecule has 102 valence electrons. The van der Waals surface area contributed by atoms with Crippen molar-refractivity contribution in [1.29, 1.82) is 0 Å². The summed E-state index contributed by atoms with van der Waals surface area (Å²) < 4.78 is 5.31. The van der Waals surface area contributed by atoms with Crippen molar-refractivity contribution >= 4 is 23.1 Å². The minimum atomic E-state index is 0.452. The molecule has 1 N–H and O–H groups in total. The van der Waals surface area contributed by atoms with Crippen LogP contribution in [0.2, 0.25) is 0 Å². The van der Waals surface area contributed by atoms with Gasteiger partial charge < -0.3 is 9.84 Å². The van der Waals surface area contributed by atoms with E-state index in [-0.39, 0.29) is 0 Å². The maximum Gasteiger partial charge on any atom is 0.228 e. The maximum absolute atomic E-state index is 5.31. The fourth-order valence-electron chi connectivity index (χ4n) is 2.06. The lowest BCUT2D eigenvalue weighted by atomic mass is 10.2. The topological polar surface area (TPSA) is 63.8 Å². The summed E-state index contributed by atoms with van der Waals surface area (Å²) in [5.74, 6) is 3.75. The monoisotopic (exact) mass is 296 g/mol. The number of nitrogens with one attached hydrogen (secondary N) is 1. The van der Waals surface area contributed by atoms with Crippen molar-refractivity contribution in [2.75, 3.05) is 18.1 Å². The normalized spacial score (nSPS) is 19.7. The Bertz CT molecular complexity index is 533. The van der Waals surface area contributed by atoms with Gasteiger partial charge in [0.25, 0.3) is 0 Å². The fraction of sp³-hybridized carbons (Fsp3) is 0.583. The van der Waals surface area contributed by atoms with E-state index < -0.39 is 0 Å². The molecule has 0 radical (unpaired) electrons. The highest BCUT2D eigenvalue weighted by atomic mass is 32.2. The Labute approximate surface area is 120 Å². The largest absolute Gasteiger partial charge is 0.339 e. The second kappa shape index (κ2) is 6.02. The Morgan fingerprint density at radius 2 is 2.42 bits per heavy atom. The van der Waals surface area contributed by atoms with Gasteiger partial charge in [-0.2, -0.15) is 16.7 Å². The SMILES string of the molecule is Cc1nc(Cc2noc(CC3CSCCN3)n2)cs1. The third-order valence-electron chi connectivity index (χ3n) is 2.94. The van der Waals surface area contributed by atoms with Crippen LogP contribution in [-0.2, 0) is 12.8 Å². The van der Waals surface area contributed by atoms with E-state index in [9.17, 15) is 0 Å². The van der Waals surface area contributed by atoms with Crippen LogP contribution in [-0.4, -0.2) is 39.2 Å². The number of aryl methyl sites for hydroxylation is 1. The molecule has 0 spiro atoms. The van der Waals surface area contributed by atoms with E-state index in [1.807, 2.05) is 24.1 Å². The molecule has 1 aliphatic rings. The summed E-state index contributed by atoms with van der Waals surface area (Å²) in [6.07, 6.45) is 1.47. The van der Waals surface area contributed by atoms with Gasteiger partial charge in [0, 0.05) is 35.9 Å². The van der Waals surface area contributed by atoms with Crippen LogP contribution in [0, 0.1) is 6.92 Å². The molecule has 0 bridgehead atoms. The van der Waals surface area contributed by atoms with E-state index >= 15 is 0 Å². The Balaban J connectivity index is 1.59. The zero-order valence-electron chi connectivity index (χ0n) is 10.8. The predicted molar refractivity (Wildman–Crippen MR) is 76.8 cm³/mol. The first kappa shape index (κ1) is 13.1. The summed E-state index contributed by atoms with van der Waals surface area (Å²) in [5.41, 5.74) is 1.01. The molecule has 1 fully saturated rings. The molecule has 1 saturated heterocycles. The van der Waals surface area contributed by atoms with Crippen molar-refractivity contribution < 1.29 is 4.52 Å². The third kappa shape index (κ3) is 3.55. The molecule has 0 aromatic carbocycles. The van der Waals surface area contributed by atoms with Crippen LogP contribution in [0.15, 0.2) is 9.90 Å².